The third-order valence-electron chi connectivity index (χ3n) is 2.00. The summed E-state index contributed by atoms with van der Waals surface area (Å²) in [7, 11) is 1.60. The summed E-state index contributed by atoms with van der Waals surface area (Å²) in [4.78, 5) is 0. The fraction of sp³-hybridized carbons (Fsp3) is 0.667. The number of aromatic nitrogens is 2. The quantitative estimate of drug-likeness (QED) is 0.848. The zero-order valence-corrected chi connectivity index (χ0v) is 8.89. The number of nitrogens with one attached hydrogen (secondary N) is 1. The maximum atomic E-state index is 12.7. The maximum absolute atomic E-state index is 12.7. The summed E-state index contributed by atoms with van der Waals surface area (Å²) in [5.41, 5.74) is -0.481. The highest BCUT2D eigenvalue weighted by Crippen LogP contribution is 2.33. The van der Waals surface area contributed by atoms with E-state index in [4.69, 9.17) is 0 Å². The average Bonchev–Trinajstić information content (AvgIpc) is 2.47. The van der Waals surface area contributed by atoms with Crippen LogP contribution in [-0.2, 0) is 12.7 Å². The molecule has 0 unspecified atom stereocenters. The van der Waals surface area contributed by atoms with E-state index in [0.29, 0.717) is 0 Å². The topological polar surface area (TPSA) is 29.9 Å². The van der Waals surface area contributed by atoms with Crippen molar-refractivity contribution in [1.29, 1.82) is 0 Å². The fourth-order valence-corrected chi connectivity index (χ4v) is 1.42. The second kappa shape index (κ2) is 4.22. The number of halogens is 3. The molecule has 15 heavy (non-hydrogen) atoms. The van der Waals surface area contributed by atoms with Gasteiger partial charge >= 0.3 is 6.18 Å². The number of hydrogen-bond donors (Lipinski definition) is 1. The molecular weight excluding hydrogens is 207 g/mol. The van der Waals surface area contributed by atoms with Crippen LogP contribution in [0.2, 0.25) is 0 Å². The predicted molar refractivity (Wildman–Crippen MR) is 50.4 cm³/mol. The molecule has 0 saturated heterocycles. The van der Waals surface area contributed by atoms with E-state index < -0.39 is 11.9 Å². The third-order valence-corrected chi connectivity index (χ3v) is 2.00. The molecule has 0 radical (unpaired) electrons. The molecule has 0 aliphatic rings. The van der Waals surface area contributed by atoms with Gasteiger partial charge in [-0.1, -0.05) is 0 Å². The first kappa shape index (κ1) is 12.0. The molecule has 0 aliphatic carbocycles. The van der Waals surface area contributed by atoms with Crippen LogP contribution in [0.5, 0.6) is 0 Å². The third kappa shape index (κ3) is 2.50. The van der Waals surface area contributed by atoms with E-state index in [-0.39, 0.29) is 18.2 Å². The lowest BCUT2D eigenvalue weighted by atomic mass is 10.2. The molecule has 0 amide bonds. The van der Waals surface area contributed by atoms with E-state index in [9.17, 15) is 13.2 Å². The Morgan fingerprint density at radius 2 is 2.07 bits per heavy atom. The first-order valence-electron chi connectivity index (χ1n) is 4.66. The van der Waals surface area contributed by atoms with Crippen molar-refractivity contribution in [2.24, 2.45) is 0 Å². The fourth-order valence-electron chi connectivity index (χ4n) is 1.42. The largest absolute Gasteiger partial charge is 0.433 e. The molecule has 0 aliphatic heterocycles. The van der Waals surface area contributed by atoms with Crippen LogP contribution in [0.3, 0.4) is 0 Å². The summed E-state index contributed by atoms with van der Waals surface area (Å²) in [5.74, 6) is 0. The minimum atomic E-state index is -4.35. The number of alkyl halides is 3. The molecule has 1 heterocycles. The Bertz CT molecular complexity index is 328. The molecule has 0 aromatic carbocycles. The molecule has 1 aromatic heterocycles. The standard InChI is InChI=1S/C9H14F3N3/c1-6(2)15-8(9(10,11)12)7(4-13-3)5-14-15/h5-6,13H,4H2,1-3H3. The van der Waals surface area contributed by atoms with Crippen molar-refractivity contribution in [2.45, 2.75) is 32.6 Å². The van der Waals surface area contributed by atoms with Crippen molar-refractivity contribution < 1.29 is 13.2 Å². The first-order valence-corrected chi connectivity index (χ1v) is 4.66. The van der Waals surface area contributed by atoms with Gasteiger partial charge in [0, 0.05) is 18.2 Å². The van der Waals surface area contributed by atoms with Gasteiger partial charge in [0.05, 0.1) is 6.20 Å². The van der Waals surface area contributed by atoms with E-state index in [1.807, 2.05) is 0 Å². The Labute approximate surface area is 86.3 Å². The normalized spacial score (nSPS) is 12.5. The zero-order chi connectivity index (χ0) is 11.6. The van der Waals surface area contributed by atoms with E-state index in [1.165, 1.54) is 6.20 Å². The van der Waals surface area contributed by atoms with Crippen LogP contribution in [0, 0.1) is 0 Å². The van der Waals surface area contributed by atoms with Gasteiger partial charge in [-0.25, -0.2) is 0 Å². The number of nitrogens with zero attached hydrogens (tertiary/aromatic N) is 2. The molecule has 0 atom stereocenters. The Balaban J connectivity index is 3.21. The van der Waals surface area contributed by atoms with E-state index in [0.717, 1.165) is 4.68 Å². The van der Waals surface area contributed by atoms with Gasteiger partial charge in [0.1, 0.15) is 5.69 Å². The molecule has 6 heteroatoms. The summed E-state index contributed by atoms with van der Waals surface area (Å²) >= 11 is 0. The maximum Gasteiger partial charge on any atom is 0.433 e. The molecule has 1 aromatic rings. The van der Waals surface area contributed by atoms with Crippen molar-refractivity contribution in [3.63, 3.8) is 0 Å². The molecule has 1 N–H and O–H groups in total. The number of hydrogen-bond acceptors (Lipinski definition) is 2. The van der Waals surface area contributed by atoms with Crippen molar-refractivity contribution in [3.8, 4) is 0 Å². The Morgan fingerprint density at radius 3 is 2.47 bits per heavy atom. The summed E-state index contributed by atoms with van der Waals surface area (Å²) in [6.07, 6.45) is -3.09. The molecule has 0 spiro atoms. The SMILES string of the molecule is CNCc1cnn(C(C)C)c1C(F)(F)F. The van der Waals surface area contributed by atoms with Crippen molar-refractivity contribution in [2.75, 3.05) is 7.05 Å². The van der Waals surface area contributed by atoms with E-state index in [2.05, 4.69) is 10.4 Å². The van der Waals surface area contributed by atoms with Gasteiger partial charge < -0.3 is 5.32 Å². The van der Waals surface area contributed by atoms with E-state index >= 15 is 0 Å². The summed E-state index contributed by atoms with van der Waals surface area (Å²) in [6, 6.07) is -0.299. The lowest BCUT2D eigenvalue weighted by Crippen LogP contribution is -2.19. The number of rotatable bonds is 3. The predicted octanol–water partition coefficient (Wildman–Crippen LogP) is 2.20. The Hall–Kier alpha value is -1.04. The van der Waals surface area contributed by atoms with Gasteiger partial charge in [-0.05, 0) is 20.9 Å². The second-order valence-corrected chi connectivity index (χ2v) is 3.58. The van der Waals surface area contributed by atoms with Gasteiger partial charge in [0.2, 0.25) is 0 Å². The highest BCUT2D eigenvalue weighted by atomic mass is 19.4. The van der Waals surface area contributed by atoms with Crippen molar-refractivity contribution in [1.82, 2.24) is 15.1 Å². The van der Waals surface area contributed by atoms with E-state index in [1.54, 1.807) is 20.9 Å². The zero-order valence-electron chi connectivity index (χ0n) is 8.89. The monoisotopic (exact) mass is 221 g/mol. The summed E-state index contributed by atoms with van der Waals surface area (Å²) in [5, 5.41) is 6.45. The molecule has 0 saturated carbocycles. The Morgan fingerprint density at radius 1 is 1.47 bits per heavy atom. The van der Waals surface area contributed by atoms with Gasteiger partial charge in [-0.2, -0.15) is 18.3 Å². The van der Waals surface area contributed by atoms with Crippen LogP contribution < -0.4 is 5.32 Å². The van der Waals surface area contributed by atoms with Gasteiger partial charge in [-0.3, -0.25) is 4.68 Å². The molecule has 3 nitrogen and oxygen atoms in total. The smallest absolute Gasteiger partial charge is 0.316 e. The van der Waals surface area contributed by atoms with Crippen LogP contribution in [0.25, 0.3) is 0 Å². The van der Waals surface area contributed by atoms with Crippen molar-refractivity contribution in [3.05, 3.63) is 17.5 Å². The minimum Gasteiger partial charge on any atom is -0.316 e. The van der Waals surface area contributed by atoms with Crippen LogP contribution in [-0.4, -0.2) is 16.8 Å². The van der Waals surface area contributed by atoms with Crippen LogP contribution in [0.15, 0.2) is 6.20 Å². The minimum absolute atomic E-state index is 0.168. The van der Waals surface area contributed by atoms with Gasteiger partial charge in [0.25, 0.3) is 0 Å². The summed E-state index contributed by atoms with van der Waals surface area (Å²) < 4.78 is 39.2. The second-order valence-electron chi connectivity index (χ2n) is 3.58. The molecule has 0 bridgehead atoms. The molecule has 86 valence electrons. The highest BCUT2D eigenvalue weighted by molar-refractivity contribution is 5.21. The van der Waals surface area contributed by atoms with Crippen LogP contribution in [0.1, 0.15) is 31.1 Å². The van der Waals surface area contributed by atoms with Gasteiger partial charge in [0.15, 0.2) is 0 Å². The highest BCUT2D eigenvalue weighted by Gasteiger charge is 2.38. The lowest BCUT2D eigenvalue weighted by Gasteiger charge is -2.15. The Kier molecular flexibility index (Phi) is 3.38. The summed E-state index contributed by atoms with van der Waals surface area (Å²) in [6.45, 7) is 3.51. The first-order chi connectivity index (χ1) is 6.88. The van der Waals surface area contributed by atoms with Crippen LogP contribution >= 0.6 is 0 Å². The van der Waals surface area contributed by atoms with Gasteiger partial charge in [-0.15, -0.1) is 0 Å². The van der Waals surface area contributed by atoms with Crippen LogP contribution in [0.4, 0.5) is 13.2 Å². The molecule has 0 fully saturated rings. The molecular formula is C9H14F3N3. The van der Waals surface area contributed by atoms with Crippen molar-refractivity contribution >= 4 is 0 Å². The lowest BCUT2D eigenvalue weighted by molar-refractivity contribution is -0.145. The average molecular weight is 221 g/mol. The molecule has 1 rings (SSSR count).